The maximum absolute atomic E-state index is 13.4. The Hall–Kier alpha value is -2.74. The Morgan fingerprint density at radius 3 is 2.34 bits per heavy atom. The largest absolute Gasteiger partial charge is 0.488 e. The molecule has 0 aliphatic carbocycles. The average Bonchev–Trinajstić information content (AvgIpc) is 2.60. The molecule has 0 spiro atoms. The fourth-order valence-electron chi connectivity index (χ4n) is 2.42. The topological polar surface area (TPSA) is 47.0 Å². The molecule has 0 saturated heterocycles. The Kier molecular flexibility index (Phi) is 6.02. The van der Waals surface area contributed by atoms with Gasteiger partial charge in [0.05, 0.1) is 0 Å². The molecule has 152 valence electrons. The standard InChI is InChI=1S/C21H20F3N3OS/c1-20(2,3)28-15-9-7-8-14(12-15)26-19-25-13-17(21(22,23)24)18(27-19)29-16-10-5-4-6-11-16/h4-13H,1-3H3,(H,25,26,27). The third-order valence-electron chi connectivity index (χ3n) is 3.53. The molecule has 29 heavy (non-hydrogen) atoms. The van der Waals surface area contributed by atoms with Gasteiger partial charge in [0, 0.05) is 22.8 Å². The molecule has 3 aromatic rings. The van der Waals surface area contributed by atoms with Crippen LogP contribution in [0.2, 0.25) is 0 Å². The van der Waals surface area contributed by atoms with E-state index in [1.807, 2.05) is 20.8 Å². The van der Waals surface area contributed by atoms with Crippen LogP contribution < -0.4 is 10.1 Å². The average molecular weight is 419 g/mol. The molecule has 3 rings (SSSR count). The van der Waals surface area contributed by atoms with Crippen LogP contribution in [0.5, 0.6) is 5.75 Å². The lowest BCUT2D eigenvalue weighted by Gasteiger charge is -2.21. The Balaban J connectivity index is 1.89. The van der Waals surface area contributed by atoms with E-state index in [1.165, 1.54) is 0 Å². The summed E-state index contributed by atoms with van der Waals surface area (Å²) < 4.78 is 46.0. The zero-order valence-electron chi connectivity index (χ0n) is 16.1. The van der Waals surface area contributed by atoms with Gasteiger partial charge in [-0.3, -0.25) is 0 Å². The molecule has 2 aromatic carbocycles. The summed E-state index contributed by atoms with van der Waals surface area (Å²) in [7, 11) is 0. The summed E-state index contributed by atoms with van der Waals surface area (Å²) in [6, 6.07) is 15.9. The number of alkyl halides is 3. The number of halogens is 3. The second-order valence-corrected chi connectivity index (χ2v) is 8.25. The van der Waals surface area contributed by atoms with Crippen LogP contribution in [-0.2, 0) is 6.18 Å². The van der Waals surface area contributed by atoms with Crippen LogP contribution in [0.25, 0.3) is 0 Å². The quantitative estimate of drug-likeness (QED) is 0.474. The lowest BCUT2D eigenvalue weighted by atomic mass is 10.2. The van der Waals surface area contributed by atoms with Gasteiger partial charge in [0.25, 0.3) is 0 Å². The Bertz CT molecular complexity index is 973. The zero-order chi connectivity index (χ0) is 21.1. The van der Waals surface area contributed by atoms with Crippen LogP contribution in [0.3, 0.4) is 0 Å². The van der Waals surface area contributed by atoms with E-state index >= 15 is 0 Å². The first-order chi connectivity index (χ1) is 13.6. The summed E-state index contributed by atoms with van der Waals surface area (Å²) in [6.45, 7) is 5.79. The first-order valence-electron chi connectivity index (χ1n) is 8.83. The van der Waals surface area contributed by atoms with Crippen LogP contribution in [0.4, 0.5) is 24.8 Å². The van der Waals surface area contributed by atoms with E-state index in [1.54, 1.807) is 54.6 Å². The predicted octanol–water partition coefficient (Wildman–Crippen LogP) is 6.57. The molecule has 4 nitrogen and oxygen atoms in total. The van der Waals surface area contributed by atoms with Crippen LogP contribution in [0, 0.1) is 0 Å². The van der Waals surface area contributed by atoms with Crippen molar-refractivity contribution < 1.29 is 17.9 Å². The van der Waals surface area contributed by atoms with Crippen molar-refractivity contribution in [1.29, 1.82) is 0 Å². The first-order valence-corrected chi connectivity index (χ1v) is 9.65. The van der Waals surface area contributed by atoms with Crippen molar-refractivity contribution in [3.63, 3.8) is 0 Å². The Labute approximate surface area is 171 Å². The summed E-state index contributed by atoms with van der Waals surface area (Å²) in [5, 5.41) is 2.79. The van der Waals surface area contributed by atoms with Crippen LogP contribution in [0.1, 0.15) is 26.3 Å². The highest BCUT2D eigenvalue weighted by Gasteiger charge is 2.35. The minimum atomic E-state index is -4.55. The molecular formula is C21H20F3N3OS. The second kappa shape index (κ2) is 8.32. The Morgan fingerprint density at radius 1 is 0.966 bits per heavy atom. The molecule has 1 N–H and O–H groups in total. The van der Waals surface area contributed by atoms with Crippen LogP contribution in [-0.4, -0.2) is 15.6 Å². The van der Waals surface area contributed by atoms with Crippen LogP contribution >= 0.6 is 11.8 Å². The van der Waals surface area contributed by atoms with E-state index in [9.17, 15) is 13.2 Å². The highest BCUT2D eigenvalue weighted by Crippen LogP contribution is 2.38. The molecule has 0 atom stereocenters. The summed E-state index contributed by atoms with van der Waals surface area (Å²) in [5.74, 6) is 0.706. The minimum Gasteiger partial charge on any atom is -0.488 e. The number of ether oxygens (including phenoxy) is 1. The first kappa shape index (κ1) is 21.0. The van der Waals surface area contributed by atoms with Crippen molar-refractivity contribution in [1.82, 2.24) is 9.97 Å². The fourth-order valence-corrected chi connectivity index (χ4v) is 3.35. The lowest BCUT2D eigenvalue weighted by Crippen LogP contribution is -2.22. The van der Waals surface area contributed by atoms with E-state index in [0.717, 1.165) is 18.0 Å². The number of benzene rings is 2. The van der Waals surface area contributed by atoms with Crippen LogP contribution in [0.15, 0.2) is 70.7 Å². The highest BCUT2D eigenvalue weighted by atomic mass is 32.2. The summed E-state index contributed by atoms with van der Waals surface area (Å²) in [6.07, 6.45) is -3.74. The van der Waals surface area contributed by atoms with E-state index in [-0.39, 0.29) is 16.6 Å². The number of nitrogens with zero attached hydrogens (tertiary/aromatic N) is 2. The molecule has 8 heteroatoms. The van der Waals surface area contributed by atoms with Gasteiger partial charge >= 0.3 is 6.18 Å². The molecule has 0 saturated carbocycles. The molecule has 0 radical (unpaired) electrons. The lowest BCUT2D eigenvalue weighted by molar-refractivity contribution is -0.140. The third-order valence-corrected chi connectivity index (χ3v) is 4.54. The number of aromatic nitrogens is 2. The number of nitrogens with one attached hydrogen (secondary N) is 1. The molecule has 0 amide bonds. The maximum atomic E-state index is 13.4. The number of anilines is 2. The Morgan fingerprint density at radius 2 is 1.69 bits per heavy atom. The van der Waals surface area contributed by atoms with Gasteiger partial charge in [0.2, 0.25) is 5.95 Å². The third kappa shape index (κ3) is 6.12. The van der Waals surface area contributed by atoms with Crippen molar-refractivity contribution in [3.05, 3.63) is 66.4 Å². The molecule has 0 fully saturated rings. The minimum absolute atomic E-state index is 0.0735. The number of hydrogen-bond donors (Lipinski definition) is 1. The number of rotatable bonds is 5. The molecule has 0 bridgehead atoms. The molecule has 1 aromatic heterocycles. The molecular weight excluding hydrogens is 399 g/mol. The van der Waals surface area contributed by atoms with Gasteiger partial charge in [-0.05, 0) is 45.0 Å². The summed E-state index contributed by atoms with van der Waals surface area (Å²) in [5.41, 5.74) is -0.632. The highest BCUT2D eigenvalue weighted by molar-refractivity contribution is 7.99. The van der Waals surface area contributed by atoms with Crippen molar-refractivity contribution in [2.24, 2.45) is 0 Å². The van der Waals surface area contributed by atoms with E-state index < -0.39 is 11.7 Å². The van der Waals surface area contributed by atoms with Crippen molar-refractivity contribution in [2.75, 3.05) is 5.32 Å². The smallest absolute Gasteiger partial charge is 0.420 e. The van der Waals surface area contributed by atoms with E-state index in [2.05, 4.69) is 15.3 Å². The van der Waals surface area contributed by atoms with Crippen molar-refractivity contribution in [2.45, 2.75) is 42.5 Å². The summed E-state index contributed by atoms with van der Waals surface area (Å²) >= 11 is 0.941. The van der Waals surface area contributed by atoms with Gasteiger partial charge in [0.1, 0.15) is 21.9 Å². The number of hydrogen-bond acceptors (Lipinski definition) is 5. The molecule has 1 heterocycles. The van der Waals surface area contributed by atoms with E-state index in [4.69, 9.17) is 4.74 Å². The second-order valence-electron chi connectivity index (χ2n) is 7.19. The molecule has 0 aliphatic heterocycles. The van der Waals surface area contributed by atoms with Gasteiger partial charge < -0.3 is 10.1 Å². The maximum Gasteiger partial charge on any atom is 0.420 e. The van der Waals surface area contributed by atoms with Gasteiger partial charge in [-0.1, -0.05) is 36.0 Å². The van der Waals surface area contributed by atoms with Gasteiger partial charge in [0.15, 0.2) is 0 Å². The van der Waals surface area contributed by atoms with E-state index in [0.29, 0.717) is 16.3 Å². The summed E-state index contributed by atoms with van der Waals surface area (Å²) in [4.78, 5) is 8.62. The van der Waals surface area contributed by atoms with Gasteiger partial charge in [-0.2, -0.15) is 13.2 Å². The van der Waals surface area contributed by atoms with Crippen molar-refractivity contribution in [3.8, 4) is 5.75 Å². The van der Waals surface area contributed by atoms with Crippen molar-refractivity contribution >= 4 is 23.4 Å². The zero-order valence-corrected chi connectivity index (χ0v) is 16.9. The monoisotopic (exact) mass is 419 g/mol. The predicted molar refractivity (Wildman–Crippen MR) is 108 cm³/mol. The SMILES string of the molecule is CC(C)(C)Oc1cccc(Nc2ncc(C(F)(F)F)c(Sc3ccccc3)n2)c1. The molecule has 0 aliphatic rings. The molecule has 0 unspecified atom stereocenters. The fraction of sp³-hybridized carbons (Fsp3) is 0.238. The van der Waals surface area contributed by atoms with Gasteiger partial charge in [-0.25, -0.2) is 9.97 Å². The van der Waals surface area contributed by atoms with Gasteiger partial charge in [-0.15, -0.1) is 0 Å². The normalized spacial score (nSPS) is 11.9.